The van der Waals surface area contributed by atoms with Crippen molar-refractivity contribution in [3.8, 4) is 11.3 Å². The minimum Gasteiger partial charge on any atom is -0.304 e. The van der Waals surface area contributed by atoms with Crippen molar-refractivity contribution in [2.24, 2.45) is 0 Å². The molecular formula is C20H22N4. The highest BCUT2D eigenvalue weighted by molar-refractivity contribution is 5.83. The molecule has 3 heterocycles. The maximum absolute atomic E-state index is 4.57. The molecule has 1 aliphatic heterocycles. The van der Waals surface area contributed by atoms with Crippen molar-refractivity contribution < 1.29 is 0 Å². The zero-order valence-corrected chi connectivity index (χ0v) is 14.0. The average Bonchev–Trinajstić information content (AvgIpc) is 2.63. The number of hydrogen-bond donors (Lipinski definition) is 0. The maximum atomic E-state index is 4.57. The summed E-state index contributed by atoms with van der Waals surface area (Å²) in [7, 11) is 2.19. The predicted molar refractivity (Wildman–Crippen MR) is 97.7 cm³/mol. The second kappa shape index (κ2) is 6.67. The first-order valence-corrected chi connectivity index (χ1v) is 8.49. The Morgan fingerprint density at radius 3 is 2.67 bits per heavy atom. The van der Waals surface area contributed by atoms with Gasteiger partial charge in [-0.15, -0.1) is 0 Å². The molecule has 3 aromatic rings. The Balaban J connectivity index is 1.57. The molecule has 1 aliphatic rings. The Kier molecular flexibility index (Phi) is 4.24. The van der Waals surface area contributed by atoms with Crippen molar-refractivity contribution in [3.05, 3.63) is 60.4 Å². The molecule has 0 saturated carbocycles. The van der Waals surface area contributed by atoms with Crippen molar-refractivity contribution in [2.75, 3.05) is 33.2 Å². The number of benzene rings is 1. The van der Waals surface area contributed by atoms with Crippen LogP contribution in [0.3, 0.4) is 0 Å². The first-order chi connectivity index (χ1) is 11.8. The van der Waals surface area contributed by atoms with Gasteiger partial charge in [0.05, 0.1) is 11.2 Å². The fourth-order valence-electron chi connectivity index (χ4n) is 3.22. The Bertz CT molecular complexity index is 838. The van der Waals surface area contributed by atoms with Gasteiger partial charge in [-0.25, -0.2) is 0 Å². The van der Waals surface area contributed by atoms with Crippen LogP contribution in [-0.2, 0) is 6.54 Å². The van der Waals surface area contributed by atoms with Crippen molar-refractivity contribution in [3.63, 3.8) is 0 Å². The smallest absolute Gasteiger partial charge is 0.0708 e. The summed E-state index contributed by atoms with van der Waals surface area (Å²) >= 11 is 0. The number of fused-ring (bicyclic) bond motifs is 1. The Morgan fingerprint density at radius 2 is 1.79 bits per heavy atom. The first kappa shape index (κ1) is 15.2. The van der Waals surface area contributed by atoms with Crippen LogP contribution >= 0.6 is 0 Å². The number of rotatable bonds is 3. The van der Waals surface area contributed by atoms with Crippen LogP contribution in [-0.4, -0.2) is 53.0 Å². The van der Waals surface area contributed by atoms with Crippen LogP contribution in [0.15, 0.2) is 54.9 Å². The lowest BCUT2D eigenvalue weighted by atomic mass is 10.1. The minimum atomic E-state index is 0.995. The predicted octanol–water partition coefficient (Wildman–Crippen LogP) is 3.04. The van der Waals surface area contributed by atoms with Crippen LogP contribution in [0.25, 0.3) is 22.2 Å². The van der Waals surface area contributed by atoms with E-state index in [-0.39, 0.29) is 0 Å². The number of piperazine rings is 1. The number of nitrogens with zero attached hydrogens (tertiary/aromatic N) is 4. The van der Waals surface area contributed by atoms with Crippen LogP contribution in [0.1, 0.15) is 5.56 Å². The first-order valence-electron chi connectivity index (χ1n) is 8.49. The number of pyridine rings is 2. The highest BCUT2D eigenvalue weighted by Crippen LogP contribution is 2.23. The van der Waals surface area contributed by atoms with Gasteiger partial charge >= 0.3 is 0 Å². The molecule has 0 unspecified atom stereocenters. The van der Waals surface area contributed by atoms with E-state index in [2.05, 4.69) is 63.2 Å². The molecule has 4 heteroatoms. The Labute approximate surface area is 142 Å². The van der Waals surface area contributed by atoms with Gasteiger partial charge in [-0.05, 0) is 36.9 Å². The van der Waals surface area contributed by atoms with Gasteiger partial charge in [0.15, 0.2) is 0 Å². The van der Waals surface area contributed by atoms with Gasteiger partial charge in [0.2, 0.25) is 0 Å². The largest absolute Gasteiger partial charge is 0.304 e. The summed E-state index contributed by atoms with van der Waals surface area (Å²) in [6.45, 7) is 5.56. The molecule has 4 nitrogen and oxygen atoms in total. The normalized spacial score (nSPS) is 16.5. The zero-order valence-electron chi connectivity index (χ0n) is 14.0. The molecule has 0 radical (unpaired) electrons. The number of likely N-dealkylation sites (N-methyl/N-ethyl adjacent to an activating group) is 1. The number of hydrogen-bond acceptors (Lipinski definition) is 4. The summed E-state index contributed by atoms with van der Waals surface area (Å²) < 4.78 is 0. The lowest BCUT2D eigenvalue weighted by Crippen LogP contribution is -2.43. The SMILES string of the molecule is CN1CCN(Cc2ccnc(-c3ccc4cccnc4c3)c2)CC1. The molecule has 0 atom stereocenters. The molecule has 0 bridgehead atoms. The maximum Gasteiger partial charge on any atom is 0.0708 e. The van der Waals surface area contributed by atoms with Gasteiger partial charge < -0.3 is 4.90 Å². The number of aromatic nitrogens is 2. The van der Waals surface area contributed by atoms with Crippen molar-refractivity contribution in [1.82, 2.24) is 19.8 Å². The van der Waals surface area contributed by atoms with Crippen LogP contribution in [0.2, 0.25) is 0 Å². The minimum absolute atomic E-state index is 0.995. The standard InChI is InChI=1S/C20H22N4/c1-23-9-11-24(12-10-23)15-16-6-8-22-19(13-16)18-5-4-17-3-2-7-21-20(17)14-18/h2-8,13-14H,9-12,15H2,1H3. The third-order valence-corrected chi connectivity index (χ3v) is 4.73. The zero-order chi connectivity index (χ0) is 16.4. The van der Waals surface area contributed by atoms with Gasteiger partial charge in [-0.3, -0.25) is 14.9 Å². The Hall–Kier alpha value is -2.30. The molecule has 24 heavy (non-hydrogen) atoms. The third kappa shape index (κ3) is 3.30. The topological polar surface area (TPSA) is 32.3 Å². The lowest BCUT2D eigenvalue weighted by molar-refractivity contribution is 0.148. The summed E-state index contributed by atoms with van der Waals surface area (Å²) in [5.74, 6) is 0. The molecule has 1 saturated heterocycles. The summed E-state index contributed by atoms with van der Waals surface area (Å²) in [6, 6.07) is 14.8. The van der Waals surface area contributed by atoms with Gasteiger partial charge in [-0.2, -0.15) is 0 Å². The molecule has 0 amide bonds. The molecular weight excluding hydrogens is 296 g/mol. The van der Waals surface area contributed by atoms with Crippen LogP contribution in [0.5, 0.6) is 0 Å². The Morgan fingerprint density at radius 1 is 0.917 bits per heavy atom. The van der Waals surface area contributed by atoms with E-state index < -0.39 is 0 Å². The van der Waals surface area contributed by atoms with Crippen molar-refractivity contribution in [2.45, 2.75) is 6.54 Å². The van der Waals surface area contributed by atoms with E-state index in [1.807, 2.05) is 18.5 Å². The van der Waals surface area contributed by atoms with E-state index in [0.717, 1.165) is 54.9 Å². The van der Waals surface area contributed by atoms with Gasteiger partial charge in [0, 0.05) is 56.1 Å². The highest BCUT2D eigenvalue weighted by Gasteiger charge is 2.14. The monoisotopic (exact) mass is 318 g/mol. The fraction of sp³-hybridized carbons (Fsp3) is 0.300. The molecule has 0 aliphatic carbocycles. The summed E-state index contributed by atoms with van der Waals surface area (Å²) in [6.07, 6.45) is 3.76. The third-order valence-electron chi connectivity index (χ3n) is 4.73. The van der Waals surface area contributed by atoms with E-state index in [4.69, 9.17) is 0 Å². The van der Waals surface area contributed by atoms with Crippen LogP contribution in [0.4, 0.5) is 0 Å². The van der Waals surface area contributed by atoms with Crippen LogP contribution < -0.4 is 0 Å². The summed E-state index contributed by atoms with van der Waals surface area (Å²) in [4.78, 5) is 13.9. The second-order valence-corrected chi connectivity index (χ2v) is 6.54. The molecule has 1 aromatic carbocycles. The molecule has 122 valence electrons. The lowest BCUT2D eigenvalue weighted by Gasteiger charge is -2.32. The van der Waals surface area contributed by atoms with E-state index in [1.165, 1.54) is 5.56 Å². The molecule has 4 rings (SSSR count). The fourth-order valence-corrected chi connectivity index (χ4v) is 3.22. The van der Waals surface area contributed by atoms with E-state index in [1.54, 1.807) is 0 Å². The molecule has 0 spiro atoms. The van der Waals surface area contributed by atoms with E-state index >= 15 is 0 Å². The van der Waals surface area contributed by atoms with Crippen LogP contribution in [0, 0.1) is 0 Å². The molecule has 1 fully saturated rings. The van der Waals surface area contributed by atoms with Gasteiger partial charge in [-0.1, -0.05) is 18.2 Å². The summed E-state index contributed by atoms with van der Waals surface area (Å²) in [5, 5.41) is 1.16. The quantitative estimate of drug-likeness (QED) is 0.743. The second-order valence-electron chi connectivity index (χ2n) is 6.54. The van der Waals surface area contributed by atoms with Crippen molar-refractivity contribution in [1.29, 1.82) is 0 Å². The van der Waals surface area contributed by atoms with Crippen molar-refractivity contribution >= 4 is 10.9 Å². The van der Waals surface area contributed by atoms with Gasteiger partial charge in [0.25, 0.3) is 0 Å². The molecule has 0 N–H and O–H groups in total. The van der Waals surface area contributed by atoms with E-state index in [0.29, 0.717) is 0 Å². The highest BCUT2D eigenvalue weighted by atomic mass is 15.2. The molecule has 2 aromatic heterocycles. The summed E-state index contributed by atoms with van der Waals surface area (Å²) in [5.41, 5.74) is 4.49. The van der Waals surface area contributed by atoms with Gasteiger partial charge in [0.1, 0.15) is 0 Å². The van der Waals surface area contributed by atoms with E-state index in [9.17, 15) is 0 Å². The average molecular weight is 318 g/mol.